The summed E-state index contributed by atoms with van der Waals surface area (Å²) < 4.78 is 5.81. The summed E-state index contributed by atoms with van der Waals surface area (Å²) in [6, 6.07) is 3.86. The summed E-state index contributed by atoms with van der Waals surface area (Å²) >= 11 is 0. The van der Waals surface area contributed by atoms with Gasteiger partial charge in [-0.3, -0.25) is 0 Å². The van der Waals surface area contributed by atoms with Gasteiger partial charge in [0.25, 0.3) is 0 Å². The van der Waals surface area contributed by atoms with Crippen molar-refractivity contribution < 1.29 is 4.74 Å². The highest BCUT2D eigenvalue weighted by molar-refractivity contribution is 5.25. The normalized spacial score (nSPS) is 17.2. The van der Waals surface area contributed by atoms with Gasteiger partial charge in [-0.1, -0.05) is 6.07 Å². The van der Waals surface area contributed by atoms with Gasteiger partial charge in [0.1, 0.15) is 6.10 Å². The Labute approximate surface area is 84.3 Å². The molecule has 1 aromatic rings. The highest BCUT2D eigenvalue weighted by Gasteiger charge is 2.17. The van der Waals surface area contributed by atoms with Crippen LogP contribution in [0.15, 0.2) is 18.3 Å². The Morgan fingerprint density at radius 3 is 2.93 bits per heavy atom. The van der Waals surface area contributed by atoms with E-state index in [4.69, 9.17) is 10.5 Å². The molecule has 0 aromatic carbocycles. The van der Waals surface area contributed by atoms with Crippen molar-refractivity contribution in [2.24, 2.45) is 5.73 Å². The molecule has 0 unspecified atom stereocenters. The van der Waals surface area contributed by atoms with Gasteiger partial charge in [0.05, 0.1) is 0 Å². The maximum absolute atomic E-state index is 5.81. The predicted molar refractivity (Wildman–Crippen MR) is 55.0 cm³/mol. The summed E-state index contributed by atoms with van der Waals surface area (Å²) in [5.74, 6) is 0.724. The van der Waals surface area contributed by atoms with E-state index in [0.29, 0.717) is 12.6 Å². The second kappa shape index (κ2) is 4.42. The zero-order valence-electron chi connectivity index (χ0n) is 8.28. The standard InChI is InChI=1S/C11H16N2O/c12-8-9-4-3-7-13-11(9)14-10-5-1-2-6-10/h3-4,7,10H,1-2,5-6,8,12H2. The molecule has 1 heterocycles. The minimum atomic E-state index is 0.357. The Morgan fingerprint density at radius 1 is 1.43 bits per heavy atom. The van der Waals surface area contributed by atoms with Gasteiger partial charge in [0.2, 0.25) is 5.88 Å². The van der Waals surface area contributed by atoms with Crippen LogP contribution >= 0.6 is 0 Å². The zero-order chi connectivity index (χ0) is 9.80. The molecule has 0 atom stereocenters. The van der Waals surface area contributed by atoms with Gasteiger partial charge in [-0.05, 0) is 31.7 Å². The van der Waals surface area contributed by atoms with Crippen molar-refractivity contribution in [1.29, 1.82) is 0 Å². The van der Waals surface area contributed by atoms with E-state index in [1.165, 1.54) is 12.8 Å². The van der Waals surface area contributed by atoms with Crippen LogP contribution in [0, 0.1) is 0 Å². The molecule has 2 N–H and O–H groups in total. The van der Waals surface area contributed by atoms with E-state index >= 15 is 0 Å². The van der Waals surface area contributed by atoms with E-state index in [9.17, 15) is 0 Å². The van der Waals surface area contributed by atoms with Crippen LogP contribution in [0.25, 0.3) is 0 Å². The van der Waals surface area contributed by atoms with Crippen molar-refractivity contribution in [3.8, 4) is 5.88 Å². The molecule has 1 aliphatic rings. The van der Waals surface area contributed by atoms with Gasteiger partial charge < -0.3 is 10.5 Å². The molecule has 0 radical (unpaired) electrons. The topological polar surface area (TPSA) is 48.1 Å². The first kappa shape index (κ1) is 9.46. The van der Waals surface area contributed by atoms with Crippen LogP contribution in [-0.2, 0) is 6.54 Å². The molecule has 2 rings (SSSR count). The third kappa shape index (κ3) is 2.04. The number of nitrogens with two attached hydrogens (primary N) is 1. The molecular weight excluding hydrogens is 176 g/mol. The van der Waals surface area contributed by atoms with E-state index in [2.05, 4.69) is 4.98 Å². The Bertz CT molecular complexity index is 295. The van der Waals surface area contributed by atoms with Crippen LogP contribution in [0.3, 0.4) is 0 Å². The molecule has 1 aliphatic carbocycles. The largest absolute Gasteiger partial charge is 0.474 e. The minimum Gasteiger partial charge on any atom is -0.474 e. The second-order valence-corrected chi connectivity index (χ2v) is 3.70. The Morgan fingerprint density at radius 2 is 2.21 bits per heavy atom. The Balaban J connectivity index is 2.07. The number of nitrogens with zero attached hydrogens (tertiary/aromatic N) is 1. The molecule has 0 saturated heterocycles. The van der Waals surface area contributed by atoms with Crippen LogP contribution in [0.5, 0.6) is 5.88 Å². The fourth-order valence-electron chi connectivity index (χ4n) is 1.85. The number of rotatable bonds is 3. The van der Waals surface area contributed by atoms with E-state index in [1.807, 2.05) is 12.1 Å². The average molecular weight is 192 g/mol. The molecule has 0 aliphatic heterocycles. The minimum absolute atomic E-state index is 0.357. The molecule has 3 heteroatoms. The van der Waals surface area contributed by atoms with Crippen molar-refractivity contribution >= 4 is 0 Å². The maximum Gasteiger partial charge on any atom is 0.218 e. The molecule has 1 fully saturated rings. The smallest absolute Gasteiger partial charge is 0.218 e. The summed E-state index contributed by atoms with van der Waals surface area (Å²) in [6.07, 6.45) is 6.96. The van der Waals surface area contributed by atoms with Crippen molar-refractivity contribution in [2.75, 3.05) is 0 Å². The molecule has 3 nitrogen and oxygen atoms in total. The SMILES string of the molecule is NCc1cccnc1OC1CCCC1. The molecule has 14 heavy (non-hydrogen) atoms. The van der Waals surface area contributed by atoms with Gasteiger partial charge in [0.15, 0.2) is 0 Å². The second-order valence-electron chi connectivity index (χ2n) is 3.70. The van der Waals surface area contributed by atoms with Crippen LogP contribution in [-0.4, -0.2) is 11.1 Å². The third-order valence-electron chi connectivity index (χ3n) is 2.65. The van der Waals surface area contributed by atoms with E-state index in [0.717, 1.165) is 24.3 Å². The zero-order valence-corrected chi connectivity index (χ0v) is 8.28. The summed E-state index contributed by atoms with van der Waals surface area (Å²) in [7, 11) is 0. The van der Waals surface area contributed by atoms with Crippen LogP contribution in [0.1, 0.15) is 31.2 Å². The molecule has 0 spiro atoms. The van der Waals surface area contributed by atoms with Crippen LogP contribution in [0.2, 0.25) is 0 Å². The van der Waals surface area contributed by atoms with Gasteiger partial charge >= 0.3 is 0 Å². The molecular formula is C11H16N2O. The van der Waals surface area contributed by atoms with E-state index in [-0.39, 0.29) is 0 Å². The first-order valence-corrected chi connectivity index (χ1v) is 5.21. The first-order chi connectivity index (χ1) is 6.90. The molecule has 1 saturated carbocycles. The number of aromatic nitrogens is 1. The van der Waals surface area contributed by atoms with Crippen molar-refractivity contribution in [3.63, 3.8) is 0 Å². The molecule has 1 aromatic heterocycles. The Kier molecular flexibility index (Phi) is 2.99. The monoisotopic (exact) mass is 192 g/mol. The number of hydrogen-bond donors (Lipinski definition) is 1. The summed E-state index contributed by atoms with van der Waals surface area (Å²) in [4.78, 5) is 4.21. The highest BCUT2D eigenvalue weighted by atomic mass is 16.5. The third-order valence-corrected chi connectivity index (χ3v) is 2.65. The lowest BCUT2D eigenvalue weighted by Crippen LogP contribution is -2.14. The molecule has 76 valence electrons. The Hall–Kier alpha value is -1.09. The van der Waals surface area contributed by atoms with Crippen molar-refractivity contribution in [2.45, 2.75) is 38.3 Å². The fourth-order valence-corrected chi connectivity index (χ4v) is 1.85. The number of hydrogen-bond acceptors (Lipinski definition) is 3. The van der Waals surface area contributed by atoms with Gasteiger partial charge in [-0.2, -0.15) is 0 Å². The summed E-state index contributed by atoms with van der Waals surface area (Å²) in [6.45, 7) is 0.496. The fraction of sp³-hybridized carbons (Fsp3) is 0.545. The maximum atomic E-state index is 5.81. The lowest BCUT2D eigenvalue weighted by atomic mass is 10.2. The quantitative estimate of drug-likeness (QED) is 0.795. The van der Waals surface area contributed by atoms with Crippen LogP contribution in [0.4, 0.5) is 0 Å². The predicted octanol–water partition coefficient (Wildman–Crippen LogP) is 1.86. The summed E-state index contributed by atoms with van der Waals surface area (Å²) in [5.41, 5.74) is 6.60. The number of ether oxygens (including phenoxy) is 1. The van der Waals surface area contributed by atoms with Crippen LogP contribution < -0.4 is 10.5 Å². The average Bonchev–Trinajstić information content (AvgIpc) is 2.71. The lowest BCUT2D eigenvalue weighted by Gasteiger charge is -2.14. The van der Waals surface area contributed by atoms with Crippen molar-refractivity contribution in [1.82, 2.24) is 4.98 Å². The molecule has 0 amide bonds. The van der Waals surface area contributed by atoms with Gasteiger partial charge in [-0.15, -0.1) is 0 Å². The summed E-state index contributed by atoms with van der Waals surface area (Å²) in [5, 5.41) is 0. The van der Waals surface area contributed by atoms with E-state index < -0.39 is 0 Å². The highest BCUT2D eigenvalue weighted by Crippen LogP contribution is 2.24. The van der Waals surface area contributed by atoms with Gasteiger partial charge in [0, 0.05) is 18.3 Å². The van der Waals surface area contributed by atoms with Crippen molar-refractivity contribution in [3.05, 3.63) is 23.9 Å². The van der Waals surface area contributed by atoms with Gasteiger partial charge in [-0.25, -0.2) is 4.98 Å². The number of pyridine rings is 1. The lowest BCUT2D eigenvalue weighted by molar-refractivity contribution is 0.199. The molecule has 0 bridgehead atoms. The van der Waals surface area contributed by atoms with E-state index in [1.54, 1.807) is 6.20 Å². The first-order valence-electron chi connectivity index (χ1n) is 5.21.